The van der Waals surface area contributed by atoms with Crippen LogP contribution < -0.4 is 15.0 Å². The minimum atomic E-state index is -0.556. The number of carbonyl (C=O) groups is 2. The molecule has 1 atom stereocenters. The first-order valence-electron chi connectivity index (χ1n) is 7.51. The van der Waals surface area contributed by atoms with Gasteiger partial charge in [0, 0.05) is 6.04 Å². The van der Waals surface area contributed by atoms with E-state index in [1.165, 1.54) is 17.7 Å². The third-order valence-corrected chi connectivity index (χ3v) is 4.10. The van der Waals surface area contributed by atoms with Gasteiger partial charge in [-0.3, -0.25) is 14.5 Å². The van der Waals surface area contributed by atoms with Crippen LogP contribution >= 0.6 is 0 Å². The Balaban J connectivity index is 1.73. The van der Waals surface area contributed by atoms with E-state index in [0.29, 0.717) is 11.4 Å². The molecule has 1 heterocycles. The average Bonchev–Trinajstić information content (AvgIpc) is 2.96. The molecule has 0 bridgehead atoms. The lowest BCUT2D eigenvalue weighted by Crippen LogP contribution is -2.49. The standard InChI is InChI=1S/C16H20N2O3/c1-11-16(20)18(13-8-4-5-9-14(13)21-11)10-15(19)17-12-6-2-3-7-12/h4-5,8-9,11-12H,2-3,6-7,10H2,1H3,(H,17,19). The number of carbonyl (C=O) groups excluding carboxylic acids is 2. The van der Waals surface area contributed by atoms with Crippen molar-refractivity contribution in [3.05, 3.63) is 24.3 Å². The number of ether oxygens (including phenoxy) is 1. The lowest BCUT2D eigenvalue weighted by molar-refractivity contribution is -0.128. The molecule has 1 aromatic rings. The summed E-state index contributed by atoms with van der Waals surface area (Å²) in [6.45, 7) is 1.76. The van der Waals surface area contributed by atoms with Crippen LogP contribution in [0.4, 0.5) is 5.69 Å². The molecule has 3 rings (SSSR count). The molecule has 1 aromatic carbocycles. The van der Waals surface area contributed by atoms with E-state index in [4.69, 9.17) is 4.74 Å². The molecule has 1 saturated carbocycles. The molecule has 1 aliphatic heterocycles. The summed E-state index contributed by atoms with van der Waals surface area (Å²) in [5.74, 6) is 0.382. The van der Waals surface area contributed by atoms with E-state index in [9.17, 15) is 9.59 Å². The molecule has 2 amide bonds. The highest BCUT2D eigenvalue weighted by molar-refractivity contribution is 6.03. The number of hydrogen-bond donors (Lipinski definition) is 1. The second kappa shape index (κ2) is 5.76. The maximum absolute atomic E-state index is 12.3. The summed E-state index contributed by atoms with van der Waals surface area (Å²) in [5.41, 5.74) is 0.669. The number of nitrogens with one attached hydrogen (secondary N) is 1. The fraction of sp³-hybridized carbons (Fsp3) is 0.500. The average molecular weight is 288 g/mol. The molecule has 1 fully saturated rings. The highest BCUT2D eigenvalue weighted by Gasteiger charge is 2.32. The van der Waals surface area contributed by atoms with Crippen LogP contribution in [0.15, 0.2) is 24.3 Å². The Labute approximate surface area is 124 Å². The highest BCUT2D eigenvalue weighted by Crippen LogP contribution is 2.33. The Hall–Kier alpha value is -2.04. The van der Waals surface area contributed by atoms with Crippen LogP contribution in [0.5, 0.6) is 5.75 Å². The van der Waals surface area contributed by atoms with E-state index in [2.05, 4.69) is 5.32 Å². The molecule has 2 aliphatic rings. The summed E-state index contributed by atoms with van der Waals surface area (Å²) >= 11 is 0. The number of fused-ring (bicyclic) bond motifs is 1. The van der Waals surface area contributed by atoms with Crippen molar-refractivity contribution in [2.75, 3.05) is 11.4 Å². The van der Waals surface area contributed by atoms with Gasteiger partial charge in [-0.05, 0) is 31.9 Å². The molecule has 5 heteroatoms. The highest BCUT2D eigenvalue weighted by atomic mass is 16.5. The van der Waals surface area contributed by atoms with Crippen molar-refractivity contribution >= 4 is 17.5 Å². The minimum absolute atomic E-state index is 0.0556. The SMILES string of the molecule is CC1Oc2ccccc2N(CC(=O)NC2CCCC2)C1=O. The van der Waals surface area contributed by atoms with Gasteiger partial charge in [-0.1, -0.05) is 25.0 Å². The van der Waals surface area contributed by atoms with Crippen LogP contribution in [0, 0.1) is 0 Å². The zero-order chi connectivity index (χ0) is 14.8. The van der Waals surface area contributed by atoms with E-state index in [-0.39, 0.29) is 24.4 Å². The Bertz CT molecular complexity index is 552. The predicted octanol–water partition coefficient (Wildman–Crippen LogP) is 1.86. The maximum Gasteiger partial charge on any atom is 0.268 e. The van der Waals surface area contributed by atoms with Crippen molar-refractivity contribution in [3.63, 3.8) is 0 Å². The maximum atomic E-state index is 12.3. The zero-order valence-corrected chi connectivity index (χ0v) is 12.2. The first kappa shape index (κ1) is 13.9. The number of nitrogens with zero attached hydrogens (tertiary/aromatic N) is 1. The summed E-state index contributed by atoms with van der Waals surface area (Å²) in [7, 11) is 0. The fourth-order valence-electron chi connectivity index (χ4n) is 3.01. The fourth-order valence-corrected chi connectivity index (χ4v) is 3.01. The number of anilines is 1. The molecule has 1 N–H and O–H groups in total. The van der Waals surface area contributed by atoms with E-state index in [1.807, 2.05) is 24.3 Å². The molecular formula is C16H20N2O3. The van der Waals surface area contributed by atoms with Crippen LogP contribution in [0.1, 0.15) is 32.6 Å². The summed E-state index contributed by atoms with van der Waals surface area (Å²) in [4.78, 5) is 26.0. The van der Waals surface area contributed by atoms with Crippen LogP contribution in [0.3, 0.4) is 0 Å². The van der Waals surface area contributed by atoms with Crippen molar-refractivity contribution in [1.29, 1.82) is 0 Å². The molecule has 5 nitrogen and oxygen atoms in total. The van der Waals surface area contributed by atoms with Crippen molar-refractivity contribution in [3.8, 4) is 5.75 Å². The third-order valence-electron chi connectivity index (χ3n) is 4.10. The van der Waals surface area contributed by atoms with E-state index < -0.39 is 6.10 Å². The summed E-state index contributed by atoms with van der Waals surface area (Å²) in [5, 5.41) is 3.02. The monoisotopic (exact) mass is 288 g/mol. The van der Waals surface area contributed by atoms with Gasteiger partial charge >= 0.3 is 0 Å². The number of amides is 2. The van der Waals surface area contributed by atoms with Crippen LogP contribution in [-0.2, 0) is 9.59 Å². The zero-order valence-electron chi connectivity index (χ0n) is 12.2. The second-order valence-corrected chi connectivity index (χ2v) is 5.70. The van der Waals surface area contributed by atoms with Gasteiger partial charge in [0.15, 0.2) is 6.10 Å². The molecule has 0 saturated heterocycles. The van der Waals surface area contributed by atoms with Gasteiger partial charge in [0.2, 0.25) is 5.91 Å². The van der Waals surface area contributed by atoms with E-state index in [0.717, 1.165) is 12.8 Å². The van der Waals surface area contributed by atoms with E-state index in [1.54, 1.807) is 6.92 Å². The van der Waals surface area contributed by atoms with Gasteiger partial charge < -0.3 is 10.1 Å². The van der Waals surface area contributed by atoms with Crippen molar-refractivity contribution in [2.24, 2.45) is 0 Å². The molecular weight excluding hydrogens is 268 g/mol. The quantitative estimate of drug-likeness (QED) is 0.923. The summed E-state index contributed by atoms with van der Waals surface area (Å²) < 4.78 is 5.57. The molecule has 112 valence electrons. The third kappa shape index (κ3) is 2.86. The number of rotatable bonds is 3. The summed E-state index contributed by atoms with van der Waals surface area (Å²) in [6.07, 6.45) is 3.85. The molecule has 1 unspecified atom stereocenters. The lowest BCUT2D eigenvalue weighted by Gasteiger charge is -2.32. The van der Waals surface area contributed by atoms with Crippen molar-refractivity contribution < 1.29 is 14.3 Å². The van der Waals surface area contributed by atoms with Gasteiger partial charge in [0.05, 0.1) is 5.69 Å². The number of hydrogen-bond acceptors (Lipinski definition) is 3. The predicted molar refractivity (Wildman–Crippen MR) is 79.3 cm³/mol. The Morgan fingerprint density at radius 2 is 2.05 bits per heavy atom. The lowest BCUT2D eigenvalue weighted by atomic mass is 10.2. The number of benzene rings is 1. The Morgan fingerprint density at radius 1 is 1.33 bits per heavy atom. The minimum Gasteiger partial charge on any atom is -0.479 e. The van der Waals surface area contributed by atoms with Gasteiger partial charge in [-0.25, -0.2) is 0 Å². The van der Waals surface area contributed by atoms with Crippen LogP contribution in [0.2, 0.25) is 0 Å². The van der Waals surface area contributed by atoms with Gasteiger partial charge in [-0.2, -0.15) is 0 Å². The Morgan fingerprint density at radius 3 is 2.81 bits per heavy atom. The largest absolute Gasteiger partial charge is 0.479 e. The van der Waals surface area contributed by atoms with Gasteiger partial charge in [0.1, 0.15) is 12.3 Å². The second-order valence-electron chi connectivity index (χ2n) is 5.70. The molecule has 0 radical (unpaired) electrons. The molecule has 1 aliphatic carbocycles. The smallest absolute Gasteiger partial charge is 0.268 e. The van der Waals surface area contributed by atoms with Crippen molar-refractivity contribution in [2.45, 2.75) is 44.8 Å². The van der Waals surface area contributed by atoms with E-state index >= 15 is 0 Å². The topological polar surface area (TPSA) is 58.6 Å². The molecule has 0 spiro atoms. The first-order valence-corrected chi connectivity index (χ1v) is 7.51. The van der Waals surface area contributed by atoms with Crippen LogP contribution in [-0.4, -0.2) is 30.5 Å². The van der Waals surface area contributed by atoms with Gasteiger partial charge in [-0.15, -0.1) is 0 Å². The van der Waals surface area contributed by atoms with Gasteiger partial charge in [0.25, 0.3) is 5.91 Å². The number of para-hydroxylation sites is 2. The molecule has 21 heavy (non-hydrogen) atoms. The molecule has 0 aromatic heterocycles. The summed E-state index contributed by atoms with van der Waals surface area (Å²) in [6, 6.07) is 7.59. The Kier molecular flexibility index (Phi) is 3.82. The van der Waals surface area contributed by atoms with Crippen LogP contribution in [0.25, 0.3) is 0 Å². The first-order chi connectivity index (χ1) is 10.1. The van der Waals surface area contributed by atoms with Crippen molar-refractivity contribution in [1.82, 2.24) is 5.32 Å². The normalized spacial score (nSPS) is 21.9.